The molecule has 1 aromatic carbocycles. The second-order valence-corrected chi connectivity index (χ2v) is 9.26. The van der Waals surface area contributed by atoms with Gasteiger partial charge in [-0.3, -0.25) is 9.59 Å². The van der Waals surface area contributed by atoms with E-state index in [0.29, 0.717) is 28.0 Å². The molecule has 35 heavy (non-hydrogen) atoms. The first-order chi connectivity index (χ1) is 16.5. The van der Waals surface area contributed by atoms with Crippen LogP contribution in [0.1, 0.15) is 48.7 Å². The maximum Gasteiger partial charge on any atom is 0.316 e. The van der Waals surface area contributed by atoms with Gasteiger partial charge in [-0.2, -0.15) is 0 Å². The van der Waals surface area contributed by atoms with E-state index in [9.17, 15) is 9.59 Å². The lowest BCUT2D eigenvalue weighted by Crippen LogP contribution is -2.68. The van der Waals surface area contributed by atoms with Crippen LogP contribution in [0.5, 0.6) is 5.75 Å². The molecular weight excluding hydrogens is 452 g/mol. The van der Waals surface area contributed by atoms with Crippen molar-refractivity contribution in [3.63, 3.8) is 0 Å². The van der Waals surface area contributed by atoms with Crippen molar-refractivity contribution in [2.75, 3.05) is 28.4 Å². The number of fused-ring (bicyclic) bond motifs is 1. The van der Waals surface area contributed by atoms with Crippen LogP contribution in [0.4, 0.5) is 0 Å². The van der Waals surface area contributed by atoms with Crippen LogP contribution in [-0.4, -0.2) is 64.5 Å². The second-order valence-electron chi connectivity index (χ2n) is 9.26. The average molecular weight is 489 g/mol. The SMILES string of the molecule is C=CC[C@]1(C(=O)OC)C(c2ccc(OC)c(C)c2C=O)=C[C@H]2O[C@](C)(OC)[C@@](C)(OC)O[C@@H]2[C@H]1C. The molecule has 1 fully saturated rings. The Morgan fingerprint density at radius 3 is 2.26 bits per heavy atom. The van der Waals surface area contributed by atoms with Crippen molar-refractivity contribution in [3.05, 3.63) is 47.6 Å². The lowest BCUT2D eigenvalue weighted by molar-refractivity contribution is -0.448. The number of allylic oxidation sites excluding steroid dienone is 1. The van der Waals surface area contributed by atoms with Gasteiger partial charge < -0.3 is 28.4 Å². The van der Waals surface area contributed by atoms with E-state index in [-0.39, 0.29) is 6.42 Å². The van der Waals surface area contributed by atoms with Crippen molar-refractivity contribution < 1.29 is 38.0 Å². The first-order valence-corrected chi connectivity index (χ1v) is 11.5. The first-order valence-electron chi connectivity index (χ1n) is 11.5. The Morgan fingerprint density at radius 2 is 1.74 bits per heavy atom. The summed E-state index contributed by atoms with van der Waals surface area (Å²) in [7, 11) is 5.93. The summed E-state index contributed by atoms with van der Waals surface area (Å²) in [5, 5.41) is 0. The Balaban J connectivity index is 2.35. The van der Waals surface area contributed by atoms with Crippen molar-refractivity contribution in [3.8, 4) is 5.75 Å². The predicted molar refractivity (Wildman–Crippen MR) is 130 cm³/mol. The van der Waals surface area contributed by atoms with Gasteiger partial charge in [0.05, 0.1) is 20.3 Å². The number of hydrogen-bond acceptors (Lipinski definition) is 8. The highest BCUT2D eigenvalue weighted by molar-refractivity contribution is 5.99. The van der Waals surface area contributed by atoms with Gasteiger partial charge in [0.25, 0.3) is 0 Å². The number of ether oxygens (including phenoxy) is 6. The molecule has 0 spiro atoms. The molecule has 8 heteroatoms. The van der Waals surface area contributed by atoms with Gasteiger partial charge in [-0.1, -0.05) is 19.1 Å². The zero-order valence-electron chi connectivity index (χ0n) is 21.8. The van der Waals surface area contributed by atoms with E-state index < -0.39 is 41.1 Å². The lowest BCUT2D eigenvalue weighted by Gasteiger charge is -2.57. The number of hydrogen-bond donors (Lipinski definition) is 0. The Bertz CT molecular complexity index is 1030. The maximum atomic E-state index is 13.6. The van der Waals surface area contributed by atoms with E-state index in [1.54, 1.807) is 46.1 Å². The van der Waals surface area contributed by atoms with Gasteiger partial charge in [-0.05, 0) is 50.5 Å². The number of aldehydes is 1. The number of benzene rings is 1. The summed E-state index contributed by atoms with van der Waals surface area (Å²) in [4.78, 5) is 25.9. The molecule has 1 aliphatic heterocycles. The largest absolute Gasteiger partial charge is 0.496 e. The van der Waals surface area contributed by atoms with E-state index in [1.807, 2.05) is 13.0 Å². The maximum absolute atomic E-state index is 13.6. The van der Waals surface area contributed by atoms with Crippen LogP contribution in [0, 0.1) is 18.3 Å². The molecule has 1 aliphatic carbocycles. The summed E-state index contributed by atoms with van der Waals surface area (Å²) >= 11 is 0. The van der Waals surface area contributed by atoms with Gasteiger partial charge in [0, 0.05) is 31.3 Å². The van der Waals surface area contributed by atoms with E-state index in [4.69, 9.17) is 28.4 Å². The van der Waals surface area contributed by atoms with Gasteiger partial charge >= 0.3 is 5.97 Å². The number of carbonyl (C=O) groups excluding carboxylic acids is 2. The zero-order chi connectivity index (χ0) is 26.2. The van der Waals surface area contributed by atoms with Crippen LogP contribution >= 0.6 is 0 Å². The molecule has 6 atom stereocenters. The highest BCUT2D eigenvalue weighted by Crippen LogP contribution is 2.56. The van der Waals surface area contributed by atoms with Crippen LogP contribution in [0.2, 0.25) is 0 Å². The average Bonchev–Trinajstić information content (AvgIpc) is 2.86. The molecule has 8 nitrogen and oxygen atoms in total. The summed E-state index contributed by atoms with van der Waals surface area (Å²) in [6.07, 6.45) is 3.37. The number of rotatable bonds is 8. The number of esters is 1. The van der Waals surface area contributed by atoms with E-state index >= 15 is 0 Å². The van der Waals surface area contributed by atoms with Gasteiger partial charge in [0.15, 0.2) is 6.29 Å². The minimum Gasteiger partial charge on any atom is -0.496 e. The quantitative estimate of drug-likeness (QED) is 0.307. The summed E-state index contributed by atoms with van der Waals surface area (Å²) in [6, 6.07) is 3.57. The first kappa shape index (κ1) is 27.1. The Labute approximate surface area is 207 Å². The summed E-state index contributed by atoms with van der Waals surface area (Å²) < 4.78 is 35.1. The summed E-state index contributed by atoms with van der Waals surface area (Å²) in [5.41, 5.74) is 1.09. The van der Waals surface area contributed by atoms with Crippen LogP contribution in [0.3, 0.4) is 0 Å². The minimum absolute atomic E-state index is 0.258. The molecule has 0 amide bonds. The van der Waals surface area contributed by atoms with E-state index in [0.717, 1.165) is 6.29 Å². The molecule has 0 saturated carbocycles. The Hall–Kier alpha value is -2.52. The molecule has 0 N–H and O–H groups in total. The molecule has 1 aromatic rings. The minimum atomic E-state index is -1.25. The molecule has 0 bridgehead atoms. The molecule has 0 radical (unpaired) electrons. The van der Waals surface area contributed by atoms with Crippen LogP contribution in [0.15, 0.2) is 30.9 Å². The number of carbonyl (C=O) groups is 2. The summed E-state index contributed by atoms with van der Waals surface area (Å²) in [6.45, 7) is 11.1. The van der Waals surface area contributed by atoms with Crippen molar-refractivity contribution in [2.24, 2.45) is 11.3 Å². The van der Waals surface area contributed by atoms with Gasteiger partial charge in [-0.25, -0.2) is 0 Å². The molecule has 192 valence electrons. The third kappa shape index (κ3) is 3.93. The smallest absolute Gasteiger partial charge is 0.316 e. The molecule has 2 aliphatic rings. The molecule has 1 heterocycles. The monoisotopic (exact) mass is 488 g/mol. The number of methoxy groups -OCH3 is 4. The zero-order valence-corrected chi connectivity index (χ0v) is 21.8. The fourth-order valence-corrected chi connectivity index (χ4v) is 5.42. The third-order valence-electron chi connectivity index (χ3n) is 7.84. The summed E-state index contributed by atoms with van der Waals surface area (Å²) in [5.74, 6) is -2.82. The lowest BCUT2D eigenvalue weighted by atomic mass is 9.59. The molecule has 0 unspecified atom stereocenters. The predicted octanol–water partition coefficient (Wildman–Crippen LogP) is 4.09. The van der Waals surface area contributed by atoms with E-state index in [1.165, 1.54) is 21.3 Å². The molecular formula is C27H36O8. The molecule has 1 saturated heterocycles. The fourth-order valence-electron chi connectivity index (χ4n) is 5.42. The Kier molecular flexibility index (Phi) is 7.62. The van der Waals surface area contributed by atoms with E-state index in [2.05, 4.69) is 6.58 Å². The second kappa shape index (κ2) is 9.85. The Morgan fingerprint density at radius 1 is 1.11 bits per heavy atom. The van der Waals surface area contributed by atoms with Crippen LogP contribution in [-0.2, 0) is 28.5 Å². The van der Waals surface area contributed by atoms with Crippen molar-refractivity contribution in [1.82, 2.24) is 0 Å². The fraction of sp³-hybridized carbons (Fsp3) is 0.556. The van der Waals surface area contributed by atoms with Crippen molar-refractivity contribution in [1.29, 1.82) is 0 Å². The highest BCUT2D eigenvalue weighted by Gasteiger charge is 2.63. The molecule has 3 rings (SSSR count). The van der Waals surface area contributed by atoms with Gasteiger partial charge in [0.2, 0.25) is 11.6 Å². The topological polar surface area (TPSA) is 89.5 Å². The molecule has 0 aromatic heterocycles. The van der Waals surface area contributed by atoms with Gasteiger partial charge in [0.1, 0.15) is 17.3 Å². The van der Waals surface area contributed by atoms with Crippen LogP contribution < -0.4 is 4.74 Å². The van der Waals surface area contributed by atoms with Crippen molar-refractivity contribution in [2.45, 2.75) is 57.9 Å². The third-order valence-corrected chi connectivity index (χ3v) is 7.84. The van der Waals surface area contributed by atoms with Gasteiger partial charge in [-0.15, -0.1) is 6.58 Å². The van der Waals surface area contributed by atoms with Crippen LogP contribution in [0.25, 0.3) is 5.57 Å². The highest BCUT2D eigenvalue weighted by atomic mass is 16.8. The van der Waals surface area contributed by atoms with Crippen molar-refractivity contribution >= 4 is 17.8 Å². The standard InChI is InChI=1S/C27H36O8/c1-10-13-27(24(29)31-7)17(3)23-22(34-25(4,32-8)26(5,33-9)35-23)14-20(27)18-11-12-21(30-6)16(2)19(18)15-28/h10-12,14-15,17,22-23H,1,13H2,2-9H3/t17-,22-,23-,25+,26+,27-/m1/s1. The normalized spacial score (nSPS) is 34.4.